The van der Waals surface area contributed by atoms with E-state index in [1.54, 1.807) is 0 Å². The molecule has 0 radical (unpaired) electrons. The third-order valence-corrected chi connectivity index (χ3v) is 4.62. The van der Waals surface area contributed by atoms with Gasteiger partial charge in [-0.25, -0.2) is 0 Å². The summed E-state index contributed by atoms with van der Waals surface area (Å²) in [4.78, 5) is 10.9. The first-order chi connectivity index (χ1) is 9.58. The van der Waals surface area contributed by atoms with E-state index in [2.05, 4.69) is 58.9 Å². The Morgan fingerprint density at radius 2 is 1.62 bits per heavy atom. The van der Waals surface area contributed by atoms with Gasteiger partial charge in [-0.3, -0.25) is 4.79 Å². The van der Waals surface area contributed by atoms with Crippen LogP contribution in [-0.4, -0.2) is 11.1 Å². The van der Waals surface area contributed by atoms with Crippen molar-refractivity contribution in [3.8, 4) is 0 Å². The zero-order chi connectivity index (χ0) is 15.8. The third kappa shape index (κ3) is 3.87. The molecule has 1 aliphatic rings. The smallest absolute Gasteiger partial charge is 0.306 e. The first-order valence-electron chi connectivity index (χ1n) is 7.92. The number of aliphatic carboxylic acids is 1. The molecule has 21 heavy (non-hydrogen) atoms. The van der Waals surface area contributed by atoms with Crippen LogP contribution in [0, 0.1) is 11.3 Å². The zero-order valence-electron chi connectivity index (χ0n) is 13.9. The van der Waals surface area contributed by atoms with E-state index in [1.807, 2.05) is 0 Å². The summed E-state index contributed by atoms with van der Waals surface area (Å²) in [5.41, 5.74) is 3.14. The number of carboxylic acid groups (broad SMARTS) is 1. The monoisotopic (exact) mass is 288 g/mol. The second kappa shape index (κ2) is 5.47. The van der Waals surface area contributed by atoms with Crippen molar-refractivity contribution in [2.24, 2.45) is 11.3 Å². The molecular weight excluding hydrogens is 260 g/mol. The molecule has 0 unspecified atom stereocenters. The Labute approximate surface area is 128 Å². The van der Waals surface area contributed by atoms with E-state index in [0.29, 0.717) is 11.3 Å². The first-order valence-corrected chi connectivity index (χ1v) is 7.92. The van der Waals surface area contributed by atoms with Gasteiger partial charge in [-0.15, -0.1) is 0 Å². The molecule has 1 N–H and O–H groups in total. The highest BCUT2D eigenvalue weighted by molar-refractivity contribution is 5.71. The lowest BCUT2D eigenvalue weighted by atomic mass is 9.69. The van der Waals surface area contributed by atoms with Crippen LogP contribution in [0.15, 0.2) is 24.3 Å². The average molecular weight is 288 g/mol. The molecule has 1 fully saturated rings. The van der Waals surface area contributed by atoms with E-state index in [9.17, 15) is 4.79 Å². The number of carbonyl (C=O) groups is 1. The van der Waals surface area contributed by atoms with E-state index in [4.69, 9.17) is 5.11 Å². The second-order valence-electron chi connectivity index (χ2n) is 8.45. The Bertz CT molecular complexity index is 499. The van der Waals surface area contributed by atoms with Crippen LogP contribution >= 0.6 is 0 Å². The molecule has 0 atom stereocenters. The summed E-state index contributed by atoms with van der Waals surface area (Å²) in [6.45, 7) is 11.4. The SMILES string of the molecule is CC(C)(C)CC(C)(C)c1ccc(C2CC(C(=O)O)C2)cc1. The number of hydrogen-bond donors (Lipinski definition) is 1. The van der Waals surface area contributed by atoms with Crippen LogP contribution in [0.4, 0.5) is 0 Å². The zero-order valence-corrected chi connectivity index (χ0v) is 13.9. The number of rotatable bonds is 4. The topological polar surface area (TPSA) is 37.3 Å². The van der Waals surface area contributed by atoms with E-state index in [1.165, 1.54) is 11.1 Å². The van der Waals surface area contributed by atoms with Gasteiger partial charge >= 0.3 is 5.97 Å². The molecule has 0 heterocycles. The predicted octanol–water partition coefficient (Wildman–Crippen LogP) is 4.98. The minimum absolute atomic E-state index is 0.132. The van der Waals surface area contributed by atoms with E-state index >= 15 is 0 Å². The van der Waals surface area contributed by atoms with Crippen molar-refractivity contribution in [2.45, 2.75) is 65.2 Å². The molecule has 2 nitrogen and oxygen atoms in total. The number of carboxylic acids is 1. The molecule has 0 bridgehead atoms. The molecule has 2 rings (SSSR count). The fraction of sp³-hybridized carbons (Fsp3) is 0.632. The molecule has 2 heteroatoms. The summed E-state index contributed by atoms with van der Waals surface area (Å²) in [7, 11) is 0. The van der Waals surface area contributed by atoms with Gasteiger partial charge in [0.2, 0.25) is 0 Å². The largest absolute Gasteiger partial charge is 0.481 e. The predicted molar refractivity (Wildman–Crippen MR) is 86.6 cm³/mol. The highest BCUT2D eigenvalue weighted by atomic mass is 16.4. The number of hydrogen-bond acceptors (Lipinski definition) is 1. The Morgan fingerprint density at radius 3 is 2.05 bits per heavy atom. The first kappa shape index (κ1) is 16.1. The molecule has 0 aliphatic heterocycles. The summed E-state index contributed by atoms with van der Waals surface area (Å²) < 4.78 is 0. The Hall–Kier alpha value is -1.31. The highest BCUT2D eigenvalue weighted by Crippen LogP contribution is 2.42. The molecule has 0 amide bonds. The molecule has 0 spiro atoms. The summed E-state index contributed by atoms with van der Waals surface area (Å²) in [5.74, 6) is -0.341. The summed E-state index contributed by atoms with van der Waals surface area (Å²) in [6.07, 6.45) is 2.73. The normalized spacial score (nSPS) is 22.7. The van der Waals surface area contributed by atoms with Gasteiger partial charge in [0.05, 0.1) is 5.92 Å². The van der Waals surface area contributed by atoms with Crippen molar-refractivity contribution >= 4 is 5.97 Å². The van der Waals surface area contributed by atoms with Crippen LogP contribution in [0.1, 0.15) is 70.9 Å². The van der Waals surface area contributed by atoms with Crippen LogP contribution in [0.2, 0.25) is 0 Å². The van der Waals surface area contributed by atoms with Crippen molar-refractivity contribution in [3.63, 3.8) is 0 Å². The standard InChI is InChI=1S/C19H28O2/c1-18(2,3)12-19(4,5)16-8-6-13(7-9-16)14-10-15(11-14)17(20)21/h6-9,14-15H,10-12H2,1-5H3,(H,20,21). The van der Waals surface area contributed by atoms with Crippen molar-refractivity contribution in [2.75, 3.05) is 0 Å². The van der Waals surface area contributed by atoms with Gasteiger partial charge < -0.3 is 5.11 Å². The maximum atomic E-state index is 10.9. The van der Waals surface area contributed by atoms with Gasteiger partial charge in [0.25, 0.3) is 0 Å². The lowest BCUT2D eigenvalue weighted by Crippen LogP contribution is -2.29. The molecular formula is C19H28O2. The van der Waals surface area contributed by atoms with Gasteiger partial charge in [0, 0.05) is 0 Å². The summed E-state index contributed by atoms with van der Waals surface area (Å²) >= 11 is 0. The minimum Gasteiger partial charge on any atom is -0.481 e. The van der Waals surface area contributed by atoms with E-state index in [0.717, 1.165) is 19.3 Å². The van der Waals surface area contributed by atoms with Crippen molar-refractivity contribution in [1.29, 1.82) is 0 Å². The lowest BCUT2D eigenvalue weighted by Gasteiger charge is -2.35. The van der Waals surface area contributed by atoms with Crippen molar-refractivity contribution < 1.29 is 9.90 Å². The molecule has 0 saturated heterocycles. The van der Waals surface area contributed by atoms with Crippen molar-refractivity contribution in [1.82, 2.24) is 0 Å². The highest BCUT2D eigenvalue weighted by Gasteiger charge is 2.35. The van der Waals surface area contributed by atoms with Gasteiger partial charge in [-0.05, 0) is 47.1 Å². The quantitative estimate of drug-likeness (QED) is 0.848. The van der Waals surface area contributed by atoms with E-state index in [-0.39, 0.29) is 11.3 Å². The summed E-state index contributed by atoms with van der Waals surface area (Å²) in [6, 6.07) is 8.86. The van der Waals surface area contributed by atoms with Gasteiger partial charge in [-0.1, -0.05) is 58.9 Å². The molecule has 1 aromatic carbocycles. The van der Waals surface area contributed by atoms with Crippen LogP contribution in [0.25, 0.3) is 0 Å². The van der Waals surface area contributed by atoms with Gasteiger partial charge in [-0.2, -0.15) is 0 Å². The fourth-order valence-electron chi connectivity index (χ4n) is 3.73. The number of benzene rings is 1. The average Bonchev–Trinajstić information content (AvgIpc) is 2.23. The minimum atomic E-state index is -0.644. The molecule has 0 aromatic heterocycles. The maximum Gasteiger partial charge on any atom is 0.306 e. The Morgan fingerprint density at radius 1 is 1.10 bits per heavy atom. The Kier molecular flexibility index (Phi) is 4.19. The van der Waals surface area contributed by atoms with Gasteiger partial charge in [0.15, 0.2) is 0 Å². The third-order valence-electron chi connectivity index (χ3n) is 4.62. The van der Waals surface area contributed by atoms with Crippen LogP contribution in [-0.2, 0) is 10.2 Å². The van der Waals surface area contributed by atoms with Gasteiger partial charge in [0.1, 0.15) is 0 Å². The maximum absolute atomic E-state index is 10.9. The van der Waals surface area contributed by atoms with E-state index < -0.39 is 5.97 Å². The lowest BCUT2D eigenvalue weighted by molar-refractivity contribution is -0.145. The fourth-order valence-corrected chi connectivity index (χ4v) is 3.73. The molecule has 1 saturated carbocycles. The molecule has 116 valence electrons. The van der Waals surface area contributed by atoms with Crippen molar-refractivity contribution in [3.05, 3.63) is 35.4 Å². The molecule has 1 aliphatic carbocycles. The van der Waals surface area contributed by atoms with Crippen LogP contribution in [0.5, 0.6) is 0 Å². The van der Waals surface area contributed by atoms with Crippen LogP contribution < -0.4 is 0 Å². The summed E-state index contributed by atoms with van der Waals surface area (Å²) in [5, 5.41) is 8.96. The second-order valence-corrected chi connectivity index (χ2v) is 8.45. The van der Waals surface area contributed by atoms with Crippen LogP contribution in [0.3, 0.4) is 0 Å². The Balaban J connectivity index is 2.04. The molecule has 1 aromatic rings.